The monoisotopic (exact) mass is 1030 g/mol. The molecule has 3 amide bonds. The number of imide groups is 1. The summed E-state index contributed by atoms with van der Waals surface area (Å²) in [6.07, 6.45) is 11.2. The molecule has 1 atom stereocenters. The second-order valence-electron chi connectivity index (χ2n) is 20.3. The van der Waals surface area contributed by atoms with Crippen LogP contribution in [0.1, 0.15) is 78.5 Å². The number of nitrogens with zero attached hydrogens (tertiary/aromatic N) is 8. The van der Waals surface area contributed by atoms with E-state index in [0.717, 1.165) is 91.3 Å². The largest absolute Gasteiger partial charge is 0.497 e. The molecule has 3 aliphatic heterocycles. The second-order valence-corrected chi connectivity index (χ2v) is 20.3. The first-order chi connectivity index (χ1) is 36.3. The zero-order valence-corrected chi connectivity index (χ0v) is 41.7. The third kappa shape index (κ3) is 10.1. The van der Waals surface area contributed by atoms with Gasteiger partial charge in [0.15, 0.2) is 17.4 Å². The van der Waals surface area contributed by atoms with Gasteiger partial charge in [-0.15, -0.1) is 0 Å². The van der Waals surface area contributed by atoms with Crippen LogP contribution < -0.4 is 30.7 Å². The molecular formula is C55H57F3N10O7. The number of hydrogen-bond acceptors (Lipinski definition) is 12. The predicted octanol–water partition coefficient (Wildman–Crippen LogP) is 6.81. The lowest BCUT2D eigenvalue weighted by molar-refractivity contribution is -0.135. The van der Waals surface area contributed by atoms with Gasteiger partial charge >= 0.3 is 5.69 Å². The highest BCUT2D eigenvalue weighted by molar-refractivity contribution is 6.00. The number of halogens is 3. The van der Waals surface area contributed by atoms with E-state index in [1.165, 1.54) is 11.7 Å². The Bertz CT molecular complexity index is 3360. The van der Waals surface area contributed by atoms with Crippen molar-refractivity contribution in [1.29, 1.82) is 0 Å². The van der Waals surface area contributed by atoms with Crippen LogP contribution in [0.4, 0.5) is 19.1 Å². The molecule has 0 radical (unpaired) electrons. The molecule has 7 aromatic rings. The number of hydrogen-bond donors (Lipinski definition) is 2. The lowest BCUT2D eigenvalue weighted by Gasteiger charge is -2.53. The Labute approximate surface area is 429 Å². The zero-order valence-electron chi connectivity index (χ0n) is 41.7. The number of methoxy groups -OCH3 is 1. The third-order valence-corrected chi connectivity index (χ3v) is 15.3. The molecule has 4 aromatic carbocycles. The van der Waals surface area contributed by atoms with Crippen LogP contribution in [0.5, 0.6) is 11.5 Å². The zero-order chi connectivity index (χ0) is 52.0. The maximum absolute atomic E-state index is 15.1. The topological polar surface area (TPSA) is 180 Å². The molecule has 6 heterocycles. The number of aryl methyl sites for hydroxylation is 2. The van der Waals surface area contributed by atoms with E-state index in [2.05, 4.69) is 20.4 Å². The van der Waals surface area contributed by atoms with Crippen LogP contribution in [0.3, 0.4) is 0 Å². The van der Waals surface area contributed by atoms with Crippen molar-refractivity contribution in [3.63, 3.8) is 0 Å². The van der Waals surface area contributed by atoms with E-state index in [1.807, 2.05) is 59.7 Å². The molecular weight excluding hydrogens is 970 g/mol. The van der Waals surface area contributed by atoms with E-state index in [4.69, 9.17) is 29.3 Å². The lowest BCUT2D eigenvalue weighted by atomic mass is 9.86. The van der Waals surface area contributed by atoms with Gasteiger partial charge in [-0.3, -0.25) is 38.4 Å². The quantitative estimate of drug-likeness (QED) is 0.0811. The molecule has 17 nitrogen and oxygen atoms in total. The number of anilines is 1. The summed E-state index contributed by atoms with van der Waals surface area (Å²) < 4.78 is 66.8. The van der Waals surface area contributed by atoms with Gasteiger partial charge in [0.1, 0.15) is 24.0 Å². The molecule has 11 rings (SSSR count). The third-order valence-electron chi connectivity index (χ3n) is 15.3. The summed E-state index contributed by atoms with van der Waals surface area (Å²) in [6, 6.07) is 18.9. The highest BCUT2D eigenvalue weighted by atomic mass is 19.2. The minimum absolute atomic E-state index is 0.101. The first-order valence-corrected chi connectivity index (χ1v) is 25.5. The SMILES string of the molecule is COc1ccc(COc2c(F)cc(C(=O)NC[C@H]3CC[C@H](n4cc5ccc(-c6cnc(N7CC8(CN(CCCc9ccc%10c(c9)n(C)c(=O)n%10C9CCC(=O)NC9=O)CCO8)C7)nc6)cc5n4)CC3)c(F)c2F)cc1. The van der Waals surface area contributed by atoms with Crippen molar-refractivity contribution in [3.8, 4) is 22.6 Å². The fourth-order valence-electron chi connectivity index (χ4n) is 11.1. The minimum Gasteiger partial charge on any atom is -0.497 e. The highest BCUT2D eigenvalue weighted by Crippen LogP contribution is 2.36. The van der Waals surface area contributed by atoms with Crippen molar-refractivity contribution in [3.05, 3.63) is 130 Å². The van der Waals surface area contributed by atoms with Crippen molar-refractivity contribution in [2.75, 3.05) is 57.9 Å². The highest BCUT2D eigenvalue weighted by Gasteiger charge is 2.48. The average Bonchev–Trinajstić information content (AvgIpc) is 3.96. The number of benzene rings is 4. The summed E-state index contributed by atoms with van der Waals surface area (Å²) in [5.74, 6) is -5.38. The molecule has 4 fully saturated rings. The van der Waals surface area contributed by atoms with E-state index in [-0.39, 0.29) is 48.7 Å². The van der Waals surface area contributed by atoms with Crippen LogP contribution >= 0.6 is 0 Å². The molecule has 3 saturated heterocycles. The molecule has 20 heteroatoms. The Morgan fingerprint density at radius 1 is 0.880 bits per heavy atom. The van der Waals surface area contributed by atoms with E-state index in [0.29, 0.717) is 55.0 Å². The van der Waals surface area contributed by atoms with Crippen molar-refractivity contribution in [2.45, 2.75) is 75.7 Å². The summed E-state index contributed by atoms with van der Waals surface area (Å²) in [6.45, 7) is 4.62. The van der Waals surface area contributed by atoms with Gasteiger partial charge in [-0.1, -0.05) is 30.3 Å². The number of carbonyl (C=O) groups is 3. The Kier molecular flexibility index (Phi) is 13.6. The van der Waals surface area contributed by atoms with Crippen LogP contribution in [0, 0.1) is 23.4 Å². The van der Waals surface area contributed by atoms with Gasteiger partial charge in [0, 0.05) is 62.6 Å². The van der Waals surface area contributed by atoms with E-state index in [9.17, 15) is 28.0 Å². The number of aromatic nitrogens is 6. The number of rotatable bonds is 15. The standard InChI is InChI=1S/C55H57F3N10O7/c1-64-46-22-33(9-16-44(46)68(54(64)72)45-17-18-47(69)62-52(45)71)4-3-19-65-20-21-75-55(30-65)31-66(32-55)53-60-26-38(27-61-53)36-10-11-37-28-67(63-43(37)23-36)39-12-5-34(6-13-39)25-59-51(70)41-24-42(56)50(49(58)48(41)57)74-29-35-7-14-40(73-2)15-8-35/h7-11,14-16,22-24,26-28,34,39,45H,3-6,12-13,17-21,25,29-32H2,1-2H3,(H,59,70)(H,62,69,71)/t34-,39-,45?. The molecule has 2 N–H and O–H groups in total. The van der Waals surface area contributed by atoms with E-state index < -0.39 is 46.6 Å². The van der Waals surface area contributed by atoms with Gasteiger partial charge in [-0.05, 0) is 110 Å². The van der Waals surface area contributed by atoms with Crippen molar-refractivity contribution in [2.24, 2.45) is 13.0 Å². The predicted molar refractivity (Wildman–Crippen MR) is 272 cm³/mol. The summed E-state index contributed by atoms with van der Waals surface area (Å²) >= 11 is 0. The average molecular weight is 1030 g/mol. The number of carbonyl (C=O) groups excluding carboxylic acids is 3. The number of imidazole rings is 1. The van der Waals surface area contributed by atoms with Gasteiger partial charge in [0.2, 0.25) is 23.6 Å². The van der Waals surface area contributed by atoms with E-state index >= 15 is 4.39 Å². The summed E-state index contributed by atoms with van der Waals surface area (Å²) in [4.78, 5) is 64.6. The smallest absolute Gasteiger partial charge is 0.329 e. The fourth-order valence-corrected chi connectivity index (χ4v) is 11.1. The van der Waals surface area contributed by atoms with Gasteiger partial charge in [0.05, 0.1) is 55.0 Å². The van der Waals surface area contributed by atoms with Crippen molar-refractivity contribution in [1.82, 2.24) is 44.4 Å². The van der Waals surface area contributed by atoms with Crippen molar-refractivity contribution >= 4 is 45.6 Å². The number of amides is 3. The Morgan fingerprint density at radius 2 is 1.65 bits per heavy atom. The first kappa shape index (κ1) is 49.6. The van der Waals surface area contributed by atoms with Crippen LogP contribution in [-0.2, 0) is 34.4 Å². The normalized spacial score (nSPS) is 19.9. The molecule has 75 heavy (non-hydrogen) atoms. The van der Waals surface area contributed by atoms with E-state index in [1.54, 1.807) is 35.9 Å². The van der Waals surface area contributed by atoms with Gasteiger partial charge in [-0.2, -0.15) is 9.49 Å². The van der Waals surface area contributed by atoms with Crippen LogP contribution in [0.2, 0.25) is 0 Å². The van der Waals surface area contributed by atoms with Crippen molar-refractivity contribution < 1.29 is 41.8 Å². The number of nitrogens with one attached hydrogen (secondary N) is 2. The van der Waals surface area contributed by atoms with Crippen LogP contribution in [-0.4, -0.2) is 110 Å². The maximum Gasteiger partial charge on any atom is 0.329 e. The molecule has 0 bridgehead atoms. The molecule has 390 valence electrons. The summed E-state index contributed by atoms with van der Waals surface area (Å²) in [7, 11) is 3.23. The van der Waals surface area contributed by atoms with Crippen LogP contribution in [0.25, 0.3) is 33.1 Å². The Hall–Kier alpha value is -7.58. The van der Waals surface area contributed by atoms with Gasteiger partial charge in [-0.25, -0.2) is 23.5 Å². The second kappa shape index (κ2) is 20.6. The molecule has 1 saturated carbocycles. The van der Waals surface area contributed by atoms with Gasteiger partial charge in [0.25, 0.3) is 5.91 Å². The Balaban J connectivity index is 0.633. The van der Waals surface area contributed by atoms with Gasteiger partial charge < -0.3 is 24.4 Å². The number of ether oxygens (including phenoxy) is 3. The molecule has 4 aliphatic rings. The summed E-state index contributed by atoms with van der Waals surface area (Å²) in [5.41, 5.74) is 4.55. The molecule has 3 aromatic heterocycles. The number of piperidine rings is 1. The van der Waals surface area contributed by atoms with Crippen LogP contribution in [0.15, 0.2) is 90.1 Å². The number of fused-ring (bicyclic) bond motifs is 2. The Morgan fingerprint density at radius 3 is 2.41 bits per heavy atom. The fraction of sp³-hybridized carbons (Fsp3) is 0.400. The molecule has 1 spiro atoms. The molecule has 1 aliphatic carbocycles. The number of morpholine rings is 1. The minimum atomic E-state index is -1.56. The maximum atomic E-state index is 15.1. The first-order valence-electron chi connectivity index (χ1n) is 25.5. The summed E-state index contributed by atoms with van der Waals surface area (Å²) in [5, 5.41) is 11.0. The molecule has 1 unspecified atom stereocenters. The lowest BCUT2D eigenvalue weighted by Crippen LogP contribution is -2.70.